The molecule has 3 aromatic heterocycles. The van der Waals surface area contributed by atoms with Crippen molar-refractivity contribution in [3.63, 3.8) is 0 Å². The molecule has 8 heteroatoms. The average Bonchev–Trinajstić information content (AvgIpc) is 3.34. The van der Waals surface area contributed by atoms with Crippen LogP contribution in [0.5, 0.6) is 0 Å². The van der Waals surface area contributed by atoms with Gasteiger partial charge in [0.25, 0.3) is 0 Å². The summed E-state index contributed by atoms with van der Waals surface area (Å²) in [5.74, 6) is 0. The van der Waals surface area contributed by atoms with Gasteiger partial charge in [-0.3, -0.25) is 9.58 Å². The van der Waals surface area contributed by atoms with Gasteiger partial charge in [-0.1, -0.05) is 0 Å². The lowest BCUT2D eigenvalue weighted by Gasteiger charge is -2.51. The third-order valence-electron chi connectivity index (χ3n) is 6.00. The first-order valence-electron chi connectivity index (χ1n) is 9.44. The van der Waals surface area contributed by atoms with Crippen molar-refractivity contribution >= 4 is 11.0 Å². The lowest BCUT2D eigenvalue weighted by atomic mass is 9.70. The van der Waals surface area contributed by atoms with Crippen molar-refractivity contribution in [1.29, 1.82) is 5.26 Å². The first kappa shape index (κ1) is 16.4. The highest BCUT2D eigenvalue weighted by Gasteiger charge is 2.48. The van der Waals surface area contributed by atoms with Gasteiger partial charge >= 0.3 is 0 Å². The Balaban J connectivity index is 1.42. The molecule has 5 rings (SSSR count). The van der Waals surface area contributed by atoms with Crippen LogP contribution in [0.2, 0.25) is 0 Å². The van der Waals surface area contributed by atoms with Gasteiger partial charge in [-0.25, -0.2) is 9.97 Å². The van der Waals surface area contributed by atoms with E-state index in [2.05, 4.69) is 36.3 Å². The SMILES string of the molecule is N#CC[C@]1(n2cc(-c3ncnc4[nH]ccc34)cn2)C[C@H](N2CCNCC2)C1. The fourth-order valence-corrected chi connectivity index (χ4v) is 4.49. The number of nitrogens with zero attached hydrogens (tertiary/aromatic N) is 6. The van der Waals surface area contributed by atoms with Crippen LogP contribution in [-0.2, 0) is 5.54 Å². The molecule has 2 aliphatic rings. The van der Waals surface area contributed by atoms with E-state index in [1.165, 1.54) is 0 Å². The van der Waals surface area contributed by atoms with Crippen molar-refractivity contribution < 1.29 is 0 Å². The van der Waals surface area contributed by atoms with Gasteiger partial charge < -0.3 is 10.3 Å². The van der Waals surface area contributed by atoms with Crippen molar-refractivity contribution in [2.45, 2.75) is 30.8 Å². The molecule has 1 saturated heterocycles. The smallest absolute Gasteiger partial charge is 0.141 e. The number of hydrogen-bond acceptors (Lipinski definition) is 6. The summed E-state index contributed by atoms with van der Waals surface area (Å²) in [5, 5.41) is 18.5. The molecule has 4 heterocycles. The highest BCUT2D eigenvalue weighted by atomic mass is 15.3. The van der Waals surface area contributed by atoms with Crippen LogP contribution < -0.4 is 5.32 Å². The Morgan fingerprint density at radius 3 is 2.93 bits per heavy atom. The van der Waals surface area contributed by atoms with E-state index in [4.69, 9.17) is 0 Å². The number of aromatic nitrogens is 5. The van der Waals surface area contributed by atoms with E-state index in [0.717, 1.165) is 61.3 Å². The summed E-state index contributed by atoms with van der Waals surface area (Å²) in [6.07, 6.45) is 9.77. The van der Waals surface area contributed by atoms with Gasteiger partial charge in [0.15, 0.2) is 0 Å². The van der Waals surface area contributed by atoms with E-state index in [0.29, 0.717) is 12.5 Å². The number of nitriles is 1. The van der Waals surface area contributed by atoms with Crippen LogP contribution in [0.25, 0.3) is 22.3 Å². The second-order valence-electron chi connectivity index (χ2n) is 7.54. The Kier molecular flexibility index (Phi) is 3.92. The average molecular weight is 362 g/mol. The molecule has 1 aliphatic heterocycles. The molecule has 1 aliphatic carbocycles. The second kappa shape index (κ2) is 6.44. The monoisotopic (exact) mass is 362 g/mol. The molecule has 0 aromatic carbocycles. The lowest BCUT2D eigenvalue weighted by molar-refractivity contribution is -0.00108. The molecule has 27 heavy (non-hydrogen) atoms. The lowest BCUT2D eigenvalue weighted by Crippen LogP contribution is -2.59. The molecule has 0 unspecified atom stereocenters. The molecule has 0 radical (unpaired) electrons. The summed E-state index contributed by atoms with van der Waals surface area (Å²) in [6.45, 7) is 4.27. The molecule has 2 fully saturated rings. The second-order valence-corrected chi connectivity index (χ2v) is 7.54. The predicted molar refractivity (Wildman–Crippen MR) is 101 cm³/mol. The maximum atomic E-state index is 9.42. The van der Waals surface area contributed by atoms with Crippen LogP contribution in [0, 0.1) is 11.3 Å². The highest BCUT2D eigenvalue weighted by Crippen LogP contribution is 2.45. The van der Waals surface area contributed by atoms with Crippen LogP contribution in [0.1, 0.15) is 19.3 Å². The molecule has 0 spiro atoms. The van der Waals surface area contributed by atoms with Crippen molar-refractivity contribution in [2.75, 3.05) is 26.2 Å². The maximum absolute atomic E-state index is 9.42. The molecular formula is C19H22N8. The van der Waals surface area contributed by atoms with Gasteiger partial charge in [0.05, 0.1) is 29.9 Å². The minimum absolute atomic E-state index is 0.202. The number of fused-ring (bicyclic) bond motifs is 1. The van der Waals surface area contributed by atoms with Gasteiger partial charge in [0, 0.05) is 55.6 Å². The fourth-order valence-electron chi connectivity index (χ4n) is 4.49. The van der Waals surface area contributed by atoms with Gasteiger partial charge in [-0.15, -0.1) is 0 Å². The summed E-state index contributed by atoms with van der Waals surface area (Å²) >= 11 is 0. The van der Waals surface area contributed by atoms with Gasteiger partial charge in [-0.2, -0.15) is 10.4 Å². The van der Waals surface area contributed by atoms with Crippen LogP contribution in [0.3, 0.4) is 0 Å². The molecule has 8 nitrogen and oxygen atoms in total. The Bertz CT molecular complexity index is 984. The first-order chi connectivity index (χ1) is 13.3. The van der Waals surface area contributed by atoms with Crippen molar-refractivity contribution in [1.82, 2.24) is 34.9 Å². The molecule has 0 amide bonds. The summed E-state index contributed by atoms with van der Waals surface area (Å²) in [7, 11) is 0. The molecule has 3 aromatic rings. The van der Waals surface area contributed by atoms with Crippen molar-refractivity contribution in [2.24, 2.45) is 0 Å². The van der Waals surface area contributed by atoms with Crippen LogP contribution >= 0.6 is 0 Å². The largest absolute Gasteiger partial charge is 0.346 e. The van der Waals surface area contributed by atoms with Gasteiger partial charge in [-0.05, 0) is 18.9 Å². The van der Waals surface area contributed by atoms with Crippen molar-refractivity contribution in [3.05, 3.63) is 31.0 Å². The van der Waals surface area contributed by atoms with Crippen LogP contribution in [0.15, 0.2) is 31.0 Å². The van der Waals surface area contributed by atoms with Gasteiger partial charge in [0.1, 0.15) is 12.0 Å². The number of hydrogen-bond donors (Lipinski definition) is 2. The van der Waals surface area contributed by atoms with E-state index >= 15 is 0 Å². The quantitative estimate of drug-likeness (QED) is 0.730. The van der Waals surface area contributed by atoms with Crippen LogP contribution in [0.4, 0.5) is 0 Å². The minimum atomic E-state index is -0.202. The number of aromatic amines is 1. The van der Waals surface area contributed by atoms with Crippen LogP contribution in [-0.4, -0.2) is 61.9 Å². The highest BCUT2D eigenvalue weighted by molar-refractivity contribution is 5.89. The zero-order valence-corrected chi connectivity index (χ0v) is 15.1. The Morgan fingerprint density at radius 2 is 2.11 bits per heavy atom. The summed E-state index contributed by atoms with van der Waals surface area (Å²) in [5.41, 5.74) is 2.46. The van der Waals surface area contributed by atoms with Gasteiger partial charge in [0.2, 0.25) is 0 Å². The normalized spacial score (nSPS) is 26.0. The molecule has 0 atom stereocenters. The molecule has 138 valence electrons. The molecule has 2 N–H and O–H groups in total. The topological polar surface area (TPSA) is 98.4 Å². The fraction of sp³-hybridized carbons (Fsp3) is 0.474. The standard InChI is InChI=1S/C19H22N8/c20-3-2-19(9-15(10-19)26-7-5-21-6-8-26)27-12-14(11-25-27)17-16-1-4-22-18(16)24-13-23-17/h1,4,11-13,15,21H,2,5-10H2,(H,22,23,24)/t15-,19-. The van der Waals surface area contributed by atoms with E-state index in [1.54, 1.807) is 6.33 Å². The predicted octanol–water partition coefficient (Wildman–Crippen LogP) is 1.50. The first-order valence-corrected chi connectivity index (χ1v) is 9.44. The zero-order valence-electron chi connectivity index (χ0n) is 15.1. The number of rotatable bonds is 4. The molecular weight excluding hydrogens is 340 g/mol. The Labute approximate surface area is 157 Å². The third-order valence-corrected chi connectivity index (χ3v) is 6.00. The number of nitrogens with one attached hydrogen (secondary N) is 2. The van der Waals surface area contributed by atoms with E-state index in [-0.39, 0.29) is 5.54 Å². The van der Waals surface area contributed by atoms with Crippen molar-refractivity contribution in [3.8, 4) is 17.3 Å². The Morgan fingerprint density at radius 1 is 1.26 bits per heavy atom. The maximum Gasteiger partial charge on any atom is 0.141 e. The molecule has 0 bridgehead atoms. The Hall–Kier alpha value is -2.76. The zero-order chi connectivity index (χ0) is 18.3. The minimum Gasteiger partial charge on any atom is -0.346 e. The van der Waals surface area contributed by atoms with E-state index in [1.807, 2.05) is 29.3 Å². The van der Waals surface area contributed by atoms with E-state index in [9.17, 15) is 5.26 Å². The molecule has 1 saturated carbocycles. The summed E-state index contributed by atoms with van der Waals surface area (Å²) in [6, 6.07) is 4.91. The summed E-state index contributed by atoms with van der Waals surface area (Å²) < 4.78 is 2.00. The number of piperazine rings is 1. The third kappa shape index (κ3) is 2.71. The summed E-state index contributed by atoms with van der Waals surface area (Å²) in [4.78, 5) is 14.4. The van der Waals surface area contributed by atoms with E-state index < -0.39 is 0 Å². The number of H-pyrrole nitrogens is 1.